The third-order valence-corrected chi connectivity index (χ3v) is 6.03. The molecule has 0 radical (unpaired) electrons. The van der Waals surface area contributed by atoms with Crippen molar-refractivity contribution in [3.05, 3.63) is 24.3 Å². The van der Waals surface area contributed by atoms with Crippen molar-refractivity contribution >= 4 is 15.7 Å². The SMILES string of the molecule is Nc1ccccc1S(=O)(=O)N1CCN2CCCC2C1. The van der Waals surface area contributed by atoms with E-state index in [4.69, 9.17) is 5.73 Å². The van der Waals surface area contributed by atoms with E-state index in [1.807, 2.05) is 0 Å². The summed E-state index contributed by atoms with van der Waals surface area (Å²) in [5, 5.41) is 0. The van der Waals surface area contributed by atoms with E-state index in [1.165, 1.54) is 6.42 Å². The van der Waals surface area contributed by atoms with Crippen LogP contribution in [0.1, 0.15) is 12.8 Å². The molecular weight excluding hydrogens is 262 g/mol. The normalized spacial score (nSPS) is 25.4. The van der Waals surface area contributed by atoms with Gasteiger partial charge in [0.1, 0.15) is 4.90 Å². The lowest BCUT2D eigenvalue weighted by molar-refractivity contribution is 0.158. The Balaban J connectivity index is 1.87. The van der Waals surface area contributed by atoms with Gasteiger partial charge in [-0.25, -0.2) is 8.42 Å². The Kier molecular flexibility index (Phi) is 3.24. The number of benzene rings is 1. The summed E-state index contributed by atoms with van der Waals surface area (Å²) in [5.74, 6) is 0. The first-order valence-electron chi connectivity index (χ1n) is 6.68. The molecule has 2 N–H and O–H groups in total. The Labute approximate surface area is 114 Å². The molecule has 1 unspecified atom stereocenters. The Morgan fingerprint density at radius 3 is 2.74 bits per heavy atom. The maximum absolute atomic E-state index is 12.6. The number of fused-ring (bicyclic) bond motifs is 1. The molecule has 0 aromatic heterocycles. The van der Waals surface area contributed by atoms with Crippen molar-refractivity contribution < 1.29 is 8.42 Å². The molecule has 2 aliphatic heterocycles. The fourth-order valence-electron chi connectivity index (χ4n) is 3.04. The van der Waals surface area contributed by atoms with E-state index in [2.05, 4.69) is 4.90 Å². The zero-order valence-electron chi connectivity index (χ0n) is 10.8. The van der Waals surface area contributed by atoms with E-state index in [0.717, 1.165) is 19.5 Å². The lowest BCUT2D eigenvalue weighted by Crippen LogP contribution is -2.51. The molecule has 3 rings (SSSR count). The van der Waals surface area contributed by atoms with Gasteiger partial charge in [-0.3, -0.25) is 4.90 Å². The summed E-state index contributed by atoms with van der Waals surface area (Å²) in [4.78, 5) is 2.63. The van der Waals surface area contributed by atoms with Crippen molar-refractivity contribution in [2.45, 2.75) is 23.8 Å². The molecule has 2 aliphatic rings. The van der Waals surface area contributed by atoms with Crippen LogP contribution in [0.2, 0.25) is 0 Å². The van der Waals surface area contributed by atoms with Gasteiger partial charge >= 0.3 is 0 Å². The monoisotopic (exact) mass is 281 g/mol. The van der Waals surface area contributed by atoms with Crippen molar-refractivity contribution in [1.82, 2.24) is 9.21 Å². The summed E-state index contributed by atoms with van der Waals surface area (Å²) >= 11 is 0. The molecule has 0 spiro atoms. The number of hydrogen-bond acceptors (Lipinski definition) is 4. The van der Waals surface area contributed by atoms with E-state index < -0.39 is 10.0 Å². The van der Waals surface area contributed by atoms with E-state index >= 15 is 0 Å². The van der Waals surface area contributed by atoms with Gasteiger partial charge in [-0.2, -0.15) is 4.31 Å². The maximum atomic E-state index is 12.6. The Hall–Kier alpha value is -1.11. The van der Waals surface area contributed by atoms with Crippen LogP contribution >= 0.6 is 0 Å². The minimum Gasteiger partial charge on any atom is -0.398 e. The van der Waals surface area contributed by atoms with Gasteiger partial charge in [0.2, 0.25) is 10.0 Å². The zero-order valence-corrected chi connectivity index (χ0v) is 11.6. The predicted octanol–water partition coefficient (Wildman–Crippen LogP) is 0.737. The molecule has 0 amide bonds. The molecule has 1 aromatic carbocycles. The summed E-state index contributed by atoms with van der Waals surface area (Å²) < 4.78 is 26.8. The van der Waals surface area contributed by atoms with Crippen LogP contribution in [0.3, 0.4) is 0 Å². The van der Waals surface area contributed by atoms with Gasteiger partial charge in [0.25, 0.3) is 0 Å². The molecule has 104 valence electrons. The van der Waals surface area contributed by atoms with Crippen LogP contribution in [-0.2, 0) is 10.0 Å². The second-order valence-corrected chi connectivity index (χ2v) is 7.14. The minimum atomic E-state index is -3.45. The average molecular weight is 281 g/mol. The standard InChI is InChI=1S/C13H19N3O2S/c14-12-5-1-2-6-13(12)19(17,18)16-9-8-15-7-3-4-11(15)10-16/h1-2,5-6,11H,3-4,7-10,14H2. The van der Waals surface area contributed by atoms with Crippen molar-refractivity contribution in [2.24, 2.45) is 0 Å². The Morgan fingerprint density at radius 2 is 1.95 bits per heavy atom. The van der Waals surface area contributed by atoms with Gasteiger partial charge in [0, 0.05) is 25.7 Å². The highest BCUT2D eigenvalue weighted by molar-refractivity contribution is 7.89. The molecule has 0 aliphatic carbocycles. The second kappa shape index (κ2) is 4.77. The molecule has 0 bridgehead atoms. The topological polar surface area (TPSA) is 66.6 Å². The van der Waals surface area contributed by atoms with Gasteiger partial charge in [0.15, 0.2) is 0 Å². The first-order chi connectivity index (χ1) is 9.09. The van der Waals surface area contributed by atoms with E-state index in [1.54, 1.807) is 28.6 Å². The molecule has 19 heavy (non-hydrogen) atoms. The van der Waals surface area contributed by atoms with Crippen molar-refractivity contribution in [1.29, 1.82) is 0 Å². The summed E-state index contributed by atoms with van der Waals surface area (Å²) in [6.07, 6.45) is 2.27. The molecule has 1 atom stereocenters. The largest absolute Gasteiger partial charge is 0.398 e. The molecular formula is C13H19N3O2S. The van der Waals surface area contributed by atoms with Gasteiger partial charge in [0.05, 0.1) is 5.69 Å². The molecule has 2 fully saturated rings. The fourth-order valence-corrected chi connectivity index (χ4v) is 4.62. The van der Waals surface area contributed by atoms with Crippen LogP contribution in [0.5, 0.6) is 0 Å². The van der Waals surface area contributed by atoms with Crippen LogP contribution in [-0.4, -0.2) is 49.8 Å². The van der Waals surface area contributed by atoms with Crippen molar-refractivity contribution in [2.75, 3.05) is 31.9 Å². The molecule has 1 aromatic rings. The van der Waals surface area contributed by atoms with E-state index in [0.29, 0.717) is 24.8 Å². The predicted molar refractivity (Wildman–Crippen MR) is 74.2 cm³/mol. The summed E-state index contributed by atoms with van der Waals surface area (Å²) in [5.41, 5.74) is 6.13. The third-order valence-electron chi connectivity index (χ3n) is 4.09. The second-order valence-electron chi connectivity index (χ2n) is 5.23. The highest BCUT2D eigenvalue weighted by Crippen LogP contribution is 2.27. The maximum Gasteiger partial charge on any atom is 0.245 e. The summed E-state index contributed by atoms with van der Waals surface area (Å²) in [6.45, 7) is 3.09. The minimum absolute atomic E-state index is 0.237. The first kappa shape index (κ1) is 12.9. The number of rotatable bonds is 2. The third kappa shape index (κ3) is 2.24. The fraction of sp³-hybridized carbons (Fsp3) is 0.538. The lowest BCUT2D eigenvalue weighted by Gasteiger charge is -2.36. The number of piperazine rings is 1. The lowest BCUT2D eigenvalue weighted by atomic mass is 10.2. The quantitative estimate of drug-likeness (QED) is 0.812. The van der Waals surface area contributed by atoms with E-state index in [-0.39, 0.29) is 4.90 Å². The summed E-state index contributed by atoms with van der Waals surface area (Å²) in [6, 6.07) is 7.08. The molecule has 2 saturated heterocycles. The highest BCUT2D eigenvalue weighted by atomic mass is 32.2. The average Bonchev–Trinajstić information content (AvgIpc) is 2.86. The molecule has 2 heterocycles. The smallest absolute Gasteiger partial charge is 0.245 e. The van der Waals surface area contributed by atoms with E-state index in [9.17, 15) is 8.42 Å². The Morgan fingerprint density at radius 1 is 1.16 bits per heavy atom. The summed E-state index contributed by atoms with van der Waals surface area (Å²) in [7, 11) is -3.45. The number of nitrogens with zero attached hydrogens (tertiary/aromatic N) is 2. The molecule has 5 nitrogen and oxygen atoms in total. The van der Waals surface area contributed by atoms with Crippen LogP contribution in [0.25, 0.3) is 0 Å². The first-order valence-corrected chi connectivity index (χ1v) is 8.12. The highest BCUT2D eigenvalue weighted by Gasteiger charge is 2.36. The Bertz CT molecular complexity index is 573. The van der Waals surface area contributed by atoms with Crippen LogP contribution < -0.4 is 5.73 Å². The number of sulfonamides is 1. The number of nitrogens with two attached hydrogens (primary N) is 1. The zero-order chi connectivity index (χ0) is 13.5. The van der Waals surface area contributed by atoms with Gasteiger partial charge in [-0.1, -0.05) is 12.1 Å². The molecule has 0 saturated carbocycles. The van der Waals surface area contributed by atoms with Crippen LogP contribution in [0.4, 0.5) is 5.69 Å². The van der Waals surface area contributed by atoms with Crippen molar-refractivity contribution in [3.63, 3.8) is 0 Å². The number of para-hydroxylation sites is 1. The van der Waals surface area contributed by atoms with Crippen molar-refractivity contribution in [3.8, 4) is 0 Å². The van der Waals surface area contributed by atoms with Gasteiger partial charge in [-0.15, -0.1) is 0 Å². The van der Waals surface area contributed by atoms with Gasteiger partial charge in [-0.05, 0) is 31.5 Å². The number of hydrogen-bond donors (Lipinski definition) is 1. The van der Waals surface area contributed by atoms with Crippen LogP contribution in [0, 0.1) is 0 Å². The number of anilines is 1. The number of nitrogen functional groups attached to an aromatic ring is 1. The van der Waals surface area contributed by atoms with Gasteiger partial charge < -0.3 is 5.73 Å². The molecule has 6 heteroatoms. The van der Waals surface area contributed by atoms with Crippen LogP contribution in [0.15, 0.2) is 29.2 Å².